The second-order valence-electron chi connectivity index (χ2n) is 3.91. The maximum atomic E-state index is 12.2. The lowest BCUT2D eigenvalue weighted by molar-refractivity contribution is 0.101. The summed E-state index contributed by atoms with van der Waals surface area (Å²) in [5.74, 6) is -0.187. The molecule has 0 unspecified atom stereocenters. The van der Waals surface area contributed by atoms with E-state index in [1.807, 2.05) is 23.8 Å². The number of amides is 1. The second-order valence-corrected chi connectivity index (χ2v) is 6.15. The van der Waals surface area contributed by atoms with E-state index >= 15 is 0 Å². The van der Waals surface area contributed by atoms with Crippen LogP contribution in [0, 0.1) is 0 Å². The van der Waals surface area contributed by atoms with Crippen molar-refractivity contribution in [1.82, 2.24) is 4.57 Å². The van der Waals surface area contributed by atoms with Crippen molar-refractivity contribution in [1.29, 1.82) is 0 Å². The van der Waals surface area contributed by atoms with E-state index in [-0.39, 0.29) is 5.91 Å². The number of aromatic nitrogens is 1. The van der Waals surface area contributed by atoms with E-state index in [1.165, 1.54) is 0 Å². The third-order valence-corrected chi connectivity index (χ3v) is 3.87. The lowest BCUT2D eigenvalue weighted by Gasteiger charge is -2.09. The van der Waals surface area contributed by atoms with Crippen LogP contribution in [-0.2, 0) is 6.54 Å². The largest absolute Gasteiger partial charge is 0.343 e. The summed E-state index contributed by atoms with van der Waals surface area (Å²) >= 11 is 12.8. The maximum Gasteiger partial charge on any atom is 0.272 e. The predicted molar refractivity (Wildman–Crippen MR) is 84.9 cm³/mol. The molecular formula is C13H11Br2ClN2O. The Balaban J connectivity index is 2.27. The summed E-state index contributed by atoms with van der Waals surface area (Å²) in [4.78, 5) is 12.2. The molecule has 1 amide bonds. The lowest BCUT2D eigenvalue weighted by Crippen LogP contribution is -2.16. The third kappa shape index (κ3) is 3.41. The molecule has 0 saturated carbocycles. The number of hydrogen-bond acceptors (Lipinski definition) is 1. The fourth-order valence-electron chi connectivity index (χ4n) is 1.71. The van der Waals surface area contributed by atoms with E-state index in [0.717, 1.165) is 15.5 Å². The zero-order chi connectivity index (χ0) is 14.0. The predicted octanol–water partition coefficient (Wildman–Crippen LogP) is 4.94. The average Bonchev–Trinajstić information content (AvgIpc) is 2.75. The second kappa shape index (κ2) is 6.11. The maximum absolute atomic E-state index is 12.2. The molecule has 0 aliphatic carbocycles. The van der Waals surface area contributed by atoms with Gasteiger partial charge in [-0.05, 0) is 47.1 Å². The zero-order valence-electron chi connectivity index (χ0n) is 10.1. The van der Waals surface area contributed by atoms with Gasteiger partial charge < -0.3 is 9.88 Å². The molecule has 1 aromatic carbocycles. The van der Waals surface area contributed by atoms with Crippen molar-refractivity contribution >= 4 is 55.1 Å². The first-order chi connectivity index (χ1) is 9.01. The van der Waals surface area contributed by atoms with Gasteiger partial charge in [0.15, 0.2) is 0 Å². The minimum atomic E-state index is -0.187. The van der Waals surface area contributed by atoms with Gasteiger partial charge in [-0.15, -0.1) is 0 Å². The molecule has 0 aliphatic heterocycles. The van der Waals surface area contributed by atoms with E-state index in [4.69, 9.17) is 11.6 Å². The lowest BCUT2D eigenvalue weighted by atomic mass is 10.3. The zero-order valence-corrected chi connectivity index (χ0v) is 14.0. The first-order valence-electron chi connectivity index (χ1n) is 5.63. The van der Waals surface area contributed by atoms with E-state index in [1.54, 1.807) is 18.2 Å². The van der Waals surface area contributed by atoms with Crippen LogP contribution < -0.4 is 5.32 Å². The first-order valence-corrected chi connectivity index (χ1v) is 7.59. The summed E-state index contributed by atoms with van der Waals surface area (Å²) in [7, 11) is 0. The van der Waals surface area contributed by atoms with Crippen molar-refractivity contribution in [2.75, 3.05) is 5.32 Å². The number of aryl methyl sites for hydroxylation is 1. The van der Waals surface area contributed by atoms with Gasteiger partial charge in [0, 0.05) is 21.7 Å². The summed E-state index contributed by atoms with van der Waals surface area (Å²) in [5.41, 5.74) is 1.17. The molecule has 19 heavy (non-hydrogen) atoms. The Kier molecular flexibility index (Phi) is 4.71. The van der Waals surface area contributed by atoms with Crippen LogP contribution in [-0.4, -0.2) is 10.5 Å². The van der Waals surface area contributed by atoms with Crippen LogP contribution in [0.4, 0.5) is 5.69 Å². The van der Waals surface area contributed by atoms with Crippen molar-refractivity contribution in [3.05, 3.63) is 50.1 Å². The van der Waals surface area contributed by atoms with E-state index in [2.05, 4.69) is 37.2 Å². The number of halogens is 3. The van der Waals surface area contributed by atoms with Crippen LogP contribution in [0.25, 0.3) is 0 Å². The van der Waals surface area contributed by atoms with E-state index < -0.39 is 0 Å². The molecule has 6 heteroatoms. The standard InChI is InChI=1S/C13H11Br2ClN2O/c1-2-18-7-9(15)6-12(18)13(19)17-11-5-8(14)3-4-10(11)16/h3-7H,2H2,1H3,(H,17,19). The van der Waals surface area contributed by atoms with Gasteiger partial charge in [-0.1, -0.05) is 27.5 Å². The van der Waals surface area contributed by atoms with Crippen molar-refractivity contribution in [2.24, 2.45) is 0 Å². The Morgan fingerprint density at radius 3 is 2.74 bits per heavy atom. The van der Waals surface area contributed by atoms with Gasteiger partial charge in [0.05, 0.1) is 10.7 Å². The van der Waals surface area contributed by atoms with Gasteiger partial charge in [-0.3, -0.25) is 4.79 Å². The SMILES string of the molecule is CCn1cc(Br)cc1C(=O)Nc1cc(Br)ccc1Cl. The van der Waals surface area contributed by atoms with E-state index in [9.17, 15) is 4.79 Å². The molecule has 0 bridgehead atoms. The molecule has 1 heterocycles. The molecule has 0 spiro atoms. The van der Waals surface area contributed by atoms with Crippen LogP contribution in [0.3, 0.4) is 0 Å². The quantitative estimate of drug-likeness (QED) is 0.770. The summed E-state index contributed by atoms with van der Waals surface area (Å²) < 4.78 is 3.60. The van der Waals surface area contributed by atoms with Crippen molar-refractivity contribution in [3.63, 3.8) is 0 Å². The summed E-state index contributed by atoms with van der Waals surface area (Å²) in [6, 6.07) is 7.11. The van der Waals surface area contributed by atoms with Gasteiger partial charge in [-0.2, -0.15) is 0 Å². The van der Waals surface area contributed by atoms with Gasteiger partial charge in [0.25, 0.3) is 5.91 Å². The summed E-state index contributed by atoms with van der Waals surface area (Å²) in [6.07, 6.45) is 1.87. The number of nitrogens with zero attached hydrogens (tertiary/aromatic N) is 1. The summed E-state index contributed by atoms with van der Waals surface area (Å²) in [6.45, 7) is 2.70. The molecule has 100 valence electrons. The van der Waals surface area contributed by atoms with Crippen LogP contribution >= 0.6 is 43.5 Å². The Labute approximate surface area is 133 Å². The first kappa shape index (κ1) is 14.6. The van der Waals surface area contributed by atoms with Crippen LogP contribution in [0.15, 0.2) is 39.4 Å². The third-order valence-electron chi connectivity index (χ3n) is 2.61. The molecular weight excluding hydrogens is 395 g/mol. The molecule has 3 nitrogen and oxygen atoms in total. The molecule has 0 atom stereocenters. The summed E-state index contributed by atoms with van der Waals surface area (Å²) in [5, 5.41) is 3.32. The number of carbonyl (C=O) groups is 1. The van der Waals surface area contributed by atoms with Gasteiger partial charge in [0.1, 0.15) is 5.69 Å². The van der Waals surface area contributed by atoms with Gasteiger partial charge in [0.2, 0.25) is 0 Å². The van der Waals surface area contributed by atoms with Crippen molar-refractivity contribution in [2.45, 2.75) is 13.5 Å². The van der Waals surface area contributed by atoms with Crippen LogP contribution in [0.2, 0.25) is 5.02 Å². The Morgan fingerprint density at radius 2 is 2.05 bits per heavy atom. The van der Waals surface area contributed by atoms with Crippen molar-refractivity contribution < 1.29 is 4.79 Å². The molecule has 2 rings (SSSR count). The van der Waals surface area contributed by atoms with Gasteiger partial charge in [-0.25, -0.2) is 0 Å². The highest BCUT2D eigenvalue weighted by molar-refractivity contribution is 9.10. The number of carbonyl (C=O) groups excluding carboxylic acids is 1. The normalized spacial score (nSPS) is 10.5. The highest BCUT2D eigenvalue weighted by atomic mass is 79.9. The Morgan fingerprint density at radius 1 is 1.32 bits per heavy atom. The highest BCUT2D eigenvalue weighted by Gasteiger charge is 2.14. The molecule has 0 fully saturated rings. The minimum absolute atomic E-state index is 0.187. The van der Waals surface area contributed by atoms with Crippen molar-refractivity contribution in [3.8, 4) is 0 Å². The van der Waals surface area contributed by atoms with E-state index in [0.29, 0.717) is 16.4 Å². The molecule has 1 aromatic heterocycles. The monoisotopic (exact) mass is 404 g/mol. The molecule has 1 N–H and O–H groups in total. The fourth-order valence-corrected chi connectivity index (χ4v) is 2.70. The number of anilines is 1. The number of rotatable bonds is 3. The topological polar surface area (TPSA) is 34.0 Å². The smallest absolute Gasteiger partial charge is 0.272 e. The molecule has 0 radical (unpaired) electrons. The van der Waals surface area contributed by atoms with Crippen LogP contribution in [0.1, 0.15) is 17.4 Å². The molecule has 0 saturated heterocycles. The molecule has 0 aliphatic rings. The number of hydrogen-bond donors (Lipinski definition) is 1. The number of nitrogens with one attached hydrogen (secondary N) is 1. The highest BCUT2D eigenvalue weighted by Crippen LogP contribution is 2.26. The average molecular weight is 407 g/mol. The Hall–Kier alpha value is -0.780. The van der Waals surface area contributed by atoms with Crippen LogP contribution in [0.5, 0.6) is 0 Å². The Bertz CT molecular complexity index is 625. The minimum Gasteiger partial charge on any atom is -0.343 e. The van der Waals surface area contributed by atoms with Gasteiger partial charge >= 0.3 is 0 Å². The number of benzene rings is 1. The molecule has 2 aromatic rings. The fraction of sp³-hybridized carbons (Fsp3) is 0.154.